The fraction of sp³-hybridized carbons (Fsp3) is 0.408. The number of fused-ring (bicyclic) bond motifs is 15. The number of hydrogen-bond donors (Lipinski definition) is 9. The zero-order valence-electron chi connectivity index (χ0n) is 69.3. The summed E-state index contributed by atoms with van der Waals surface area (Å²) >= 11 is 5.24. The van der Waals surface area contributed by atoms with Crippen LogP contribution in [0.25, 0.3) is 0 Å². The number of aliphatic hydroxyl groups is 2. The predicted molar refractivity (Wildman–Crippen MR) is 470 cm³/mol. The van der Waals surface area contributed by atoms with E-state index < -0.39 is 0 Å². The van der Waals surface area contributed by atoms with Crippen LogP contribution < -0.4 is 26.6 Å². The molecule has 5 fully saturated rings. The van der Waals surface area contributed by atoms with Gasteiger partial charge in [0.05, 0.1) is 96.3 Å². The molecule has 19 nitrogen and oxygen atoms in total. The largest absolute Gasteiger partial charge is 0.508 e. The standard InChI is InChI=1S/2C22H27NO3.C19H23NO2S.C18H19NO3.C17H16BrNO3/c2*1-22(2,3)15-9-10-18-17(11-15)20-21(25-13-16(12-24)26-20)19(23-18)14-7-5-4-6-8-14;1-19(2,3)13-4-5-15-14(10-13)17-18(22-8-7-21-17)16(20-15)12-6-9-23-11-12;1-11-5-6-15-14(9-11)17-18(22-8-7-21-17)16(19-15)12-3-2-4-13(20)10-12;18-11-4-5-14-13(9-11)16-17(22-7-6-21-16)15(19-14)10-2-1-3-12(20)8-10/h2*4-11,16,19-21,23-24H,12-13H2,1-3H3;4-6,9-11,16-18,20H,7-8H2,1-3H3;2-6,9-10,16-20H,7-8H2,1H3;1-5,8-9,15-17,19-20H,6-7H2/t16?,19-,20+,21-;;2*16-,17+,18-;/m0.00./s1. The summed E-state index contributed by atoms with van der Waals surface area (Å²) in [6, 6.07) is 69.9. The second-order valence-corrected chi connectivity index (χ2v) is 37.1. The van der Waals surface area contributed by atoms with Crippen molar-refractivity contribution in [2.24, 2.45) is 0 Å². The first kappa shape index (κ1) is 83.9. The first-order valence-electron chi connectivity index (χ1n) is 41.7. The molecule has 11 heterocycles. The highest BCUT2D eigenvalue weighted by Crippen LogP contribution is 2.52. The molecule has 8 unspecified atom stereocenters. The van der Waals surface area contributed by atoms with Crippen LogP contribution in [0.5, 0.6) is 11.5 Å². The second kappa shape index (κ2) is 36.1. The summed E-state index contributed by atoms with van der Waals surface area (Å²) in [4.78, 5) is 0. The van der Waals surface area contributed by atoms with Gasteiger partial charge in [-0.2, -0.15) is 11.3 Å². The van der Waals surface area contributed by atoms with E-state index in [1.807, 2.05) is 72.8 Å². The van der Waals surface area contributed by atoms with E-state index >= 15 is 0 Å². The maximum Gasteiger partial charge on any atom is 0.115 e. The maximum atomic E-state index is 9.77. The molecule has 0 radical (unpaired) electrons. The number of anilines is 5. The Kier molecular flexibility index (Phi) is 25.5. The first-order chi connectivity index (χ1) is 57.4. The summed E-state index contributed by atoms with van der Waals surface area (Å²) in [6.45, 7) is 26.6. The number of rotatable bonds is 7. The van der Waals surface area contributed by atoms with Crippen LogP contribution in [0.15, 0.2) is 221 Å². The molecule has 10 aliphatic heterocycles. The van der Waals surface area contributed by atoms with Gasteiger partial charge in [0.15, 0.2) is 0 Å². The maximum absolute atomic E-state index is 9.77. The third kappa shape index (κ3) is 18.6. The summed E-state index contributed by atoms with van der Waals surface area (Å²) in [5.41, 5.74) is 22.1. The summed E-state index contributed by atoms with van der Waals surface area (Å²) in [7, 11) is 0. The van der Waals surface area contributed by atoms with Gasteiger partial charge in [0.25, 0.3) is 0 Å². The Morgan fingerprint density at radius 3 is 1.06 bits per heavy atom. The van der Waals surface area contributed by atoms with E-state index in [9.17, 15) is 20.4 Å². The van der Waals surface area contributed by atoms with E-state index in [0.29, 0.717) is 52.9 Å². The van der Waals surface area contributed by atoms with Gasteiger partial charge < -0.3 is 94.4 Å². The highest BCUT2D eigenvalue weighted by atomic mass is 79.9. The topological polar surface area (TPSA) is 233 Å². The molecule has 119 heavy (non-hydrogen) atoms. The van der Waals surface area contributed by atoms with E-state index in [1.54, 1.807) is 35.6 Å². The Bertz CT molecular complexity index is 4850. The van der Waals surface area contributed by atoms with Crippen molar-refractivity contribution in [1.29, 1.82) is 0 Å². The normalized spacial score (nSPS) is 27.3. The lowest BCUT2D eigenvalue weighted by molar-refractivity contribution is -0.199. The fourth-order valence-electron chi connectivity index (χ4n) is 17.7. The van der Waals surface area contributed by atoms with Crippen LogP contribution in [0.3, 0.4) is 0 Å². The van der Waals surface area contributed by atoms with Gasteiger partial charge in [-0.15, -0.1) is 0 Å². The van der Waals surface area contributed by atoms with Crippen LogP contribution in [0.2, 0.25) is 0 Å². The molecule has 9 N–H and O–H groups in total. The lowest BCUT2D eigenvalue weighted by Crippen LogP contribution is -2.47. The third-order valence-corrected chi connectivity index (χ3v) is 25.2. The summed E-state index contributed by atoms with van der Waals surface area (Å²) in [6.07, 6.45) is -1.53. The van der Waals surface area contributed by atoms with Gasteiger partial charge in [0.2, 0.25) is 0 Å². The molecule has 0 saturated carbocycles. The van der Waals surface area contributed by atoms with Gasteiger partial charge in [0, 0.05) is 60.7 Å². The van der Waals surface area contributed by atoms with E-state index in [4.69, 9.17) is 47.4 Å². The SMILES string of the molecule is CC(C)(C)c1ccc2c(c1)C1OC(CO)COC1C(c1ccccc1)N2.CC(C)(C)c1ccc2c(c1)[C@H]1OC(CO)CO[C@H]1[C@H](c1ccccc1)N2.CC(C)(C)c1ccc2c(c1)[C@H]1OCCO[C@H]1[C@H](c1ccsc1)N2.Cc1ccc2c(c1)[C@H]1OCCO[C@H]1[C@H](c1cccc(O)c1)N2.Oc1cccc(C2Nc3ccc(Br)cc3C3OCCOC23)c1. The van der Waals surface area contributed by atoms with E-state index in [0.717, 1.165) is 60.6 Å². The number of phenols is 2. The molecule has 17 atom stereocenters. The molecule has 10 aliphatic rings. The van der Waals surface area contributed by atoms with Gasteiger partial charge in [-0.05, 0) is 151 Å². The second-order valence-electron chi connectivity index (χ2n) is 35.4. The molecule has 0 bridgehead atoms. The Hall–Kier alpha value is -8.72. The summed E-state index contributed by atoms with van der Waals surface area (Å²) in [5, 5.41) is 61.1. The van der Waals surface area contributed by atoms with Crippen molar-refractivity contribution in [3.05, 3.63) is 299 Å². The number of hydrogen-bond acceptors (Lipinski definition) is 20. The molecule has 0 spiro atoms. The minimum absolute atomic E-state index is 0.00667. The van der Waals surface area contributed by atoms with Crippen LogP contribution in [0.1, 0.15) is 201 Å². The van der Waals surface area contributed by atoms with Crippen molar-refractivity contribution < 1.29 is 67.8 Å². The molecular formula is C98H112BrN5O14S. The number of aliphatic hydroxyl groups excluding tert-OH is 2. The zero-order valence-corrected chi connectivity index (χ0v) is 71.7. The van der Waals surface area contributed by atoms with Gasteiger partial charge in [-0.25, -0.2) is 0 Å². The van der Waals surface area contributed by atoms with Crippen LogP contribution in [0.4, 0.5) is 28.4 Å². The number of benzene rings is 9. The molecule has 20 rings (SSSR count). The van der Waals surface area contributed by atoms with Crippen molar-refractivity contribution in [1.82, 2.24) is 0 Å². The van der Waals surface area contributed by atoms with Gasteiger partial charge in [-0.1, -0.05) is 217 Å². The smallest absolute Gasteiger partial charge is 0.115 e. The third-order valence-electron chi connectivity index (χ3n) is 24.0. The lowest BCUT2D eigenvalue weighted by atomic mass is 9.81. The number of halogens is 1. The molecule has 10 aromatic rings. The van der Waals surface area contributed by atoms with E-state index in [-0.39, 0.29) is 144 Å². The van der Waals surface area contributed by atoms with Gasteiger partial charge >= 0.3 is 0 Å². The average molecular weight is 1700 g/mol. The molecule has 21 heteroatoms. The van der Waals surface area contributed by atoms with Crippen molar-refractivity contribution in [3.8, 4) is 11.5 Å². The van der Waals surface area contributed by atoms with Gasteiger partial charge in [-0.3, -0.25) is 0 Å². The van der Waals surface area contributed by atoms with Crippen molar-refractivity contribution in [2.45, 2.75) is 189 Å². The molecule has 1 aromatic heterocycles. The first-order valence-corrected chi connectivity index (χ1v) is 43.5. The number of phenolic OH excluding ortho intramolecular Hbond substituents is 2. The Morgan fingerprint density at radius 2 is 0.681 bits per heavy atom. The van der Waals surface area contributed by atoms with Crippen LogP contribution >= 0.6 is 27.3 Å². The monoisotopic (exact) mass is 1690 g/mol. The number of thiophene rings is 1. The fourth-order valence-corrected chi connectivity index (χ4v) is 18.8. The van der Waals surface area contributed by atoms with Crippen LogP contribution in [-0.2, 0) is 63.6 Å². The average Bonchev–Trinajstić information content (AvgIpc) is 1.18. The van der Waals surface area contributed by atoms with E-state index in [2.05, 4.69) is 232 Å². The molecular weight excluding hydrogens is 1580 g/mol. The van der Waals surface area contributed by atoms with E-state index in [1.165, 1.54) is 50.2 Å². The zero-order chi connectivity index (χ0) is 82.9. The van der Waals surface area contributed by atoms with Crippen LogP contribution in [-0.4, -0.2) is 129 Å². The Labute approximate surface area is 711 Å². The Balaban J connectivity index is 0.000000111. The highest BCUT2D eigenvalue weighted by molar-refractivity contribution is 9.10. The minimum atomic E-state index is -0.281. The van der Waals surface area contributed by atoms with Crippen LogP contribution in [0, 0.1) is 6.92 Å². The van der Waals surface area contributed by atoms with Crippen molar-refractivity contribution in [2.75, 3.05) is 92.7 Å². The minimum Gasteiger partial charge on any atom is -0.508 e. The number of nitrogens with one attached hydrogen (secondary N) is 5. The quantitative estimate of drug-likeness (QED) is 0.0722. The predicted octanol–water partition coefficient (Wildman–Crippen LogP) is 19.7. The summed E-state index contributed by atoms with van der Waals surface area (Å²) < 4.78 is 62.2. The van der Waals surface area contributed by atoms with Crippen molar-refractivity contribution in [3.63, 3.8) is 0 Å². The highest BCUT2D eigenvalue weighted by Gasteiger charge is 2.48. The number of aromatic hydroxyl groups is 2. The van der Waals surface area contributed by atoms with Crippen molar-refractivity contribution >= 4 is 55.7 Å². The molecule has 9 aromatic carbocycles. The number of ether oxygens (including phenoxy) is 10. The number of aryl methyl sites for hydroxylation is 1. The summed E-state index contributed by atoms with van der Waals surface area (Å²) in [5.74, 6) is 0.525. The lowest BCUT2D eigenvalue weighted by Gasteiger charge is -2.45. The molecule has 0 aliphatic carbocycles. The molecule has 626 valence electrons. The molecule has 0 amide bonds. The van der Waals surface area contributed by atoms with Gasteiger partial charge in [0.1, 0.15) is 84.7 Å². The Morgan fingerprint density at radius 1 is 0.345 bits per heavy atom. The molecule has 5 saturated heterocycles.